The molecule has 4 aromatic carbocycles. The average Bonchev–Trinajstić information content (AvgIpc) is 2.95. The molecule has 0 bridgehead atoms. The van der Waals surface area contributed by atoms with Crippen molar-refractivity contribution in [2.45, 2.75) is 24.7 Å². The van der Waals surface area contributed by atoms with Gasteiger partial charge in [-0.15, -0.1) is 0 Å². The zero-order valence-corrected chi connectivity index (χ0v) is 20.5. The Labute approximate surface area is 214 Å². The number of aliphatic hydroxyl groups excluding tert-OH is 1. The molecule has 0 aromatic heterocycles. The highest BCUT2D eigenvalue weighted by Gasteiger charge is 2.38. The van der Waals surface area contributed by atoms with Gasteiger partial charge < -0.3 is 19.3 Å². The zero-order valence-electron chi connectivity index (χ0n) is 20.5. The molecule has 4 nitrogen and oxygen atoms in total. The molecule has 0 aliphatic carbocycles. The molecule has 1 atom stereocenters. The molecule has 4 heteroatoms. The van der Waals surface area contributed by atoms with E-state index >= 15 is 0 Å². The highest BCUT2D eigenvalue weighted by atomic mass is 16.6. The van der Waals surface area contributed by atoms with Gasteiger partial charge in [-0.1, -0.05) is 121 Å². The summed E-state index contributed by atoms with van der Waals surface area (Å²) in [5.41, 5.74) is 3.43. The molecule has 1 N–H and O–H groups in total. The third-order valence-electron chi connectivity index (χ3n) is 6.17. The first-order valence-corrected chi connectivity index (χ1v) is 12.5. The molecule has 0 aliphatic rings. The molecule has 36 heavy (non-hydrogen) atoms. The van der Waals surface area contributed by atoms with Crippen LogP contribution in [0.25, 0.3) is 0 Å². The van der Waals surface area contributed by atoms with Gasteiger partial charge in [0, 0.05) is 6.61 Å². The first-order valence-electron chi connectivity index (χ1n) is 12.5. The highest BCUT2D eigenvalue weighted by molar-refractivity contribution is 5.47. The van der Waals surface area contributed by atoms with Crippen molar-refractivity contribution in [3.05, 3.63) is 144 Å². The van der Waals surface area contributed by atoms with E-state index in [-0.39, 0.29) is 12.7 Å². The van der Waals surface area contributed by atoms with Gasteiger partial charge in [-0.3, -0.25) is 0 Å². The SMILES string of the molecule is OCCC(COC(c1ccccc1)(c1ccccc1)c1ccccc1)OCCOCc1ccccc1. The topological polar surface area (TPSA) is 47.9 Å². The number of rotatable bonds is 14. The van der Waals surface area contributed by atoms with Crippen molar-refractivity contribution < 1.29 is 19.3 Å². The van der Waals surface area contributed by atoms with E-state index in [1.165, 1.54) is 0 Å². The summed E-state index contributed by atoms with van der Waals surface area (Å²) >= 11 is 0. The third-order valence-corrected chi connectivity index (χ3v) is 6.17. The summed E-state index contributed by atoms with van der Waals surface area (Å²) < 4.78 is 18.7. The first-order chi connectivity index (χ1) is 17.8. The van der Waals surface area contributed by atoms with Crippen molar-refractivity contribution in [3.63, 3.8) is 0 Å². The molecule has 0 fully saturated rings. The average molecular weight is 483 g/mol. The number of hydrogen-bond acceptors (Lipinski definition) is 4. The minimum Gasteiger partial charge on any atom is -0.396 e. The van der Waals surface area contributed by atoms with Gasteiger partial charge in [0.25, 0.3) is 0 Å². The van der Waals surface area contributed by atoms with Crippen molar-refractivity contribution >= 4 is 0 Å². The Morgan fingerprint density at radius 1 is 0.611 bits per heavy atom. The second-order valence-electron chi connectivity index (χ2n) is 8.63. The van der Waals surface area contributed by atoms with E-state index in [0.717, 1.165) is 22.3 Å². The summed E-state index contributed by atoms with van der Waals surface area (Å²) in [4.78, 5) is 0. The lowest BCUT2D eigenvalue weighted by molar-refractivity contribution is -0.0815. The number of aliphatic hydroxyl groups is 1. The van der Waals surface area contributed by atoms with Crippen molar-refractivity contribution in [2.75, 3.05) is 26.4 Å². The molecule has 186 valence electrons. The van der Waals surface area contributed by atoms with E-state index in [0.29, 0.717) is 32.8 Å². The maximum absolute atomic E-state index is 9.70. The number of benzene rings is 4. The molecule has 1 unspecified atom stereocenters. The van der Waals surface area contributed by atoms with Gasteiger partial charge in [0.1, 0.15) is 5.60 Å². The molecule has 0 amide bonds. The van der Waals surface area contributed by atoms with Crippen LogP contribution < -0.4 is 0 Å². The van der Waals surface area contributed by atoms with Gasteiger partial charge in [0.2, 0.25) is 0 Å². The number of hydrogen-bond donors (Lipinski definition) is 1. The second-order valence-corrected chi connectivity index (χ2v) is 8.63. The second kappa shape index (κ2) is 13.7. The van der Waals surface area contributed by atoms with Crippen LogP contribution in [0.1, 0.15) is 28.7 Å². The van der Waals surface area contributed by atoms with Gasteiger partial charge in [0.05, 0.1) is 32.5 Å². The molecular weight excluding hydrogens is 448 g/mol. The summed E-state index contributed by atoms with van der Waals surface area (Å²) in [6.45, 7) is 1.78. The zero-order chi connectivity index (χ0) is 24.9. The first kappa shape index (κ1) is 25.8. The standard InChI is InChI=1S/C32H34O4/c33-22-21-31(35-24-23-34-25-27-13-5-1-6-14-27)26-36-32(28-15-7-2-8-16-28,29-17-9-3-10-18-29)30-19-11-4-12-20-30/h1-20,31,33H,21-26H2. The van der Waals surface area contributed by atoms with Crippen molar-refractivity contribution in [3.8, 4) is 0 Å². The van der Waals surface area contributed by atoms with E-state index in [1.807, 2.05) is 84.9 Å². The van der Waals surface area contributed by atoms with Crippen LogP contribution in [0, 0.1) is 0 Å². The van der Waals surface area contributed by atoms with E-state index in [9.17, 15) is 5.11 Å². The normalized spacial score (nSPS) is 12.4. The van der Waals surface area contributed by atoms with Gasteiger partial charge in [-0.25, -0.2) is 0 Å². The Morgan fingerprint density at radius 3 is 1.56 bits per heavy atom. The van der Waals surface area contributed by atoms with Gasteiger partial charge in [-0.2, -0.15) is 0 Å². The lowest BCUT2D eigenvalue weighted by atomic mass is 9.80. The molecule has 4 rings (SSSR count). The summed E-state index contributed by atoms with van der Waals surface area (Å²) in [6.07, 6.45) is 0.207. The Bertz CT molecular complexity index is 1020. The quantitative estimate of drug-likeness (QED) is 0.177. The van der Waals surface area contributed by atoms with Crippen LogP contribution in [0.2, 0.25) is 0 Å². The largest absolute Gasteiger partial charge is 0.396 e. The summed E-state index contributed by atoms with van der Waals surface area (Å²) in [6, 6.07) is 40.9. The predicted octanol–water partition coefficient (Wildman–Crippen LogP) is 5.98. The molecule has 0 saturated heterocycles. The van der Waals surface area contributed by atoms with Gasteiger partial charge in [-0.05, 0) is 28.7 Å². The lowest BCUT2D eigenvalue weighted by Gasteiger charge is -2.37. The Hall–Kier alpha value is -3.28. The molecule has 0 spiro atoms. The van der Waals surface area contributed by atoms with E-state index in [2.05, 4.69) is 36.4 Å². The minimum atomic E-state index is -0.815. The van der Waals surface area contributed by atoms with Crippen molar-refractivity contribution in [1.29, 1.82) is 0 Å². The van der Waals surface area contributed by atoms with E-state index in [4.69, 9.17) is 14.2 Å². The van der Waals surface area contributed by atoms with Crippen LogP contribution in [0.15, 0.2) is 121 Å². The summed E-state index contributed by atoms with van der Waals surface area (Å²) in [5, 5.41) is 9.70. The maximum atomic E-state index is 9.70. The molecule has 0 saturated carbocycles. The summed E-state index contributed by atoms with van der Waals surface area (Å²) in [5.74, 6) is 0. The fourth-order valence-corrected chi connectivity index (χ4v) is 4.38. The van der Waals surface area contributed by atoms with Gasteiger partial charge >= 0.3 is 0 Å². The predicted molar refractivity (Wildman–Crippen MR) is 143 cm³/mol. The van der Waals surface area contributed by atoms with Crippen molar-refractivity contribution in [2.24, 2.45) is 0 Å². The van der Waals surface area contributed by atoms with Crippen LogP contribution >= 0.6 is 0 Å². The van der Waals surface area contributed by atoms with Crippen LogP contribution in [0.5, 0.6) is 0 Å². The molecule has 4 aromatic rings. The lowest BCUT2D eigenvalue weighted by Crippen LogP contribution is -2.36. The van der Waals surface area contributed by atoms with Crippen LogP contribution in [-0.4, -0.2) is 37.6 Å². The maximum Gasteiger partial charge on any atom is 0.143 e. The Balaban J connectivity index is 1.51. The van der Waals surface area contributed by atoms with Crippen LogP contribution in [0.4, 0.5) is 0 Å². The number of ether oxygens (including phenoxy) is 3. The van der Waals surface area contributed by atoms with Crippen LogP contribution in [0.3, 0.4) is 0 Å². The Kier molecular flexibility index (Phi) is 9.83. The molecule has 0 heterocycles. The van der Waals surface area contributed by atoms with E-state index < -0.39 is 5.60 Å². The highest BCUT2D eigenvalue weighted by Crippen LogP contribution is 2.40. The minimum absolute atomic E-state index is 0.0217. The monoisotopic (exact) mass is 482 g/mol. The van der Waals surface area contributed by atoms with E-state index in [1.54, 1.807) is 0 Å². The van der Waals surface area contributed by atoms with Gasteiger partial charge in [0.15, 0.2) is 0 Å². The summed E-state index contributed by atoms with van der Waals surface area (Å²) in [7, 11) is 0. The molecular formula is C32H34O4. The Morgan fingerprint density at radius 2 is 1.08 bits per heavy atom. The fraction of sp³-hybridized carbons (Fsp3) is 0.250. The smallest absolute Gasteiger partial charge is 0.143 e. The fourth-order valence-electron chi connectivity index (χ4n) is 4.38. The molecule has 0 radical (unpaired) electrons. The van der Waals surface area contributed by atoms with Crippen LogP contribution in [-0.2, 0) is 26.4 Å². The molecule has 0 aliphatic heterocycles. The third kappa shape index (κ3) is 6.68. The van der Waals surface area contributed by atoms with Crippen molar-refractivity contribution in [1.82, 2.24) is 0 Å².